The molecular weight excluding hydrogens is 264 g/mol. The number of hydrogen-bond acceptors (Lipinski definition) is 6. The summed E-state index contributed by atoms with van der Waals surface area (Å²) in [4.78, 5) is 26.2. The van der Waals surface area contributed by atoms with Gasteiger partial charge in [0.1, 0.15) is 17.7 Å². The van der Waals surface area contributed by atoms with Crippen LogP contribution in [0, 0.1) is 10.1 Å². The molecular formula is C11H12N6O3. The Balaban J connectivity index is 2.20. The quantitative estimate of drug-likeness (QED) is 0.544. The molecule has 20 heavy (non-hydrogen) atoms. The van der Waals surface area contributed by atoms with Gasteiger partial charge in [0.2, 0.25) is 0 Å². The van der Waals surface area contributed by atoms with E-state index in [1.54, 1.807) is 7.05 Å². The summed E-state index contributed by atoms with van der Waals surface area (Å²) in [5.74, 6) is -0.0871. The molecule has 1 aromatic heterocycles. The van der Waals surface area contributed by atoms with Gasteiger partial charge in [0.25, 0.3) is 11.6 Å². The summed E-state index contributed by atoms with van der Waals surface area (Å²) in [6.07, 6.45) is 1.31. The van der Waals surface area contributed by atoms with Crippen LogP contribution >= 0.6 is 0 Å². The Kier molecular flexibility index (Phi) is 3.89. The van der Waals surface area contributed by atoms with E-state index in [0.29, 0.717) is 11.5 Å². The van der Waals surface area contributed by atoms with Crippen molar-refractivity contribution in [2.45, 2.75) is 6.54 Å². The fourth-order valence-corrected chi connectivity index (χ4v) is 1.61. The van der Waals surface area contributed by atoms with E-state index >= 15 is 0 Å². The Hall–Kier alpha value is -2.97. The molecule has 1 heterocycles. The first-order chi connectivity index (χ1) is 9.61. The summed E-state index contributed by atoms with van der Waals surface area (Å²) in [6.45, 7) is 0.111. The van der Waals surface area contributed by atoms with Crippen LogP contribution in [0.5, 0.6) is 0 Å². The predicted molar refractivity (Wildman–Crippen MR) is 70.2 cm³/mol. The number of aromatic nitrogens is 3. The molecule has 0 aliphatic carbocycles. The molecule has 0 spiro atoms. The van der Waals surface area contributed by atoms with E-state index in [2.05, 4.69) is 25.8 Å². The summed E-state index contributed by atoms with van der Waals surface area (Å²) in [7, 11) is 1.66. The normalized spacial score (nSPS) is 10.1. The zero-order valence-corrected chi connectivity index (χ0v) is 10.6. The molecule has 2 aromatic rings. The molecule has 1 aromatic carbocycles. The van der Waals surface area contributed by atoms with Gasteiger partial charge in [-0.2, -0.15) is 5.10 Å². The van der Waals surface area contributed by atoms with Crippen LogP contribution < -0.4 is 10.6 Å². The summed E-state index contributed by atoms with van der Waals surface area (Å²) in [6, 6.07) is 4.24. The zero-order chi connectivity index (χ0) is 14.5. The maximum absolute atomic E-state index is 12.0. The average molecular weight is 276 g/mol. The molecule has 1 amide bonds. The largest absolute Gasteiger partial charge is 0.388 e. The zero-order valence-electron chi connectivity index (χ0n) is 10.6. The molecule has 2 rings (SSSR count). The second kappa shape index (κ2) is 5.78. The average Bonchev–Trinajstić information content (AvgIpc) is 2.97. The van der Waals surface area contributed by atoms with Crippen LogP contribution in [0.4, 0.5) is 11.4 Å². The van der Waals surface area contributed by atoms with Crippen LogP contribution in [0.3, 0.4) is 0 Å². The molecule has 0 saturated carbocycles. The first-order valence-corrected chi connectivity index (χ1v) is 5.70. The van der Waals surface area contributed by atoms with Crippen LogP contribution in [0.2, 0.25) is 0 Å². The lowest BCUT2D eigenvalue weighted by Gasteiger charge is -2.06. The number of nitro groups is 1. The van der Waals surface area contributed by atoms with Gasteiger partial charge in [-0.15, -0.1) is 0 Å². The highest BCUT2D eigenvalue weighted by molar-refractivity contribution is 5.99. The van der Waals surface area contributed by atoms with Crippen LogP contribution in [-0.4, -0.2) is 33.1 Å². The third-order valence-corrected chi connectivity index (χ3v) is 2.61. The van der Waals surface area contributed by atoms with E-state index in [0.717, 1.165) is 0 Å². The Morgan fingerprint density at radius 3 is 2.90 bits per heavy atom. The standard InChI is InChI=1S/C11H12N6O3/c1-12-7-2-3-9(17(19)20)8(4-7)11(18)13-5-10-14-6-15-16-10/h2-4,6,12H,5H2,1H3,(H,13,18)(H,14,15,16). The summed E-state index contributed by atoms with van der Waals surface area (Å²) >= 11 is 0. The van der Waals surface area contributed by atoms with Crippen LogP contribution in [0.15, 0.2) is 24.5 Å². The maximum Gasteiger partial charge on any atom is 0.282 e. The molecule has 0 atom stereocenters. The van der Waals surface area contributed by atoms with Crippen molar-refractivity contribution < 1.29 is 9.72 Å². The maximum atomic E-state index is 12.0. The van der Waals surface area contributed by atoms with Crippen molar-refractivity contribution >= 4 is 17.3 Å². The molecule has 0 unspecified atom stereocenters. The number of aromatic amines is 1. The molecule has 0 aliphatic rings. The third-order valence-electron chi connectivity index (χ3n) is 2.61. The fraction of sp³-hybridized carbons (Fsp3) is 0.182. The van der Waals surface area contributed by atoms with E-state index in [1.165, 1.54) is 24.5 Å². The van der Waals surface area contributed by atoms with Gasteiger partial charge < -0.3 is 10.6 Å². The number of carbonyl (C=O) groups is 1. The van der Waals surface area contributed by atoms with Crippen LogP contribution in [0.1, 0.15) is 16.2 Å². The van der Waals surface area contributed by atoms with E-state index < -0.39 is 10.8 Å². The number of carbonyl (C=O) groups excluding carboxylic acids is 1. The molecule has 0 saturated heterocycles. The van der Waals surface area contributed by atoms with Crippen LogP contribution in [0.25, 0.3) is 0 Å². The third kappa shape index (κ3) is 2.88. The fourth-order valence-electron chi connectivity index (χ4n) is 1.61. The summed E-state index contributed by atoms with van der Waals surface area (Å²) < 4.78 is 0. The molecule has 0 bridgehead atoms. The number of benzene rings is 1. The molecule has 9 heteroatoms. The summed E-state index contributed by atoms with van der Waals surface area (Å²) in [5, 5.41) is 22.5. The van der Waals surface area contributed by atoms with Gasteiger partial charge in [0, 0.05) is 18.8 Å². The van der Waals surface area contributed by atoms with Gasteiger partial charge in [0.15, 0.2) is 0 Å². The van der Waals surface area contributed by atoms with Gasteiger partial charge in [-0.25, -0.2) is 4.98 Å². The van der Waals surface area contributed by atoms with Crippen LogP contribution in [-0.2, 0) is 6.54 Å². The number of hydrogen-bond donors (Lipinski definition) is 3. The second-order valence-corrected chi connectivity index (χ2v) is 3.85. The SMILES string of the molecule is CNc1ccc([N+](=O)[O-])c(C(=O)NCc2ncn[nH]2)c1. The molecule has 104 valence electrons. The minimum atomic E-state index is -0.594. The summed E-state index contributed by atoms with van der Waals surface area (Å²) in [5.41, 5.74) is 0.348. The van der Waals surface area contributed by atoms with E-state index in [1.807, 2.05) is 0 Å². The minimum absolute atomic E-state index is 0.0126. The minimum Gasteiger partial charge on any atom is -0.388 e. The highest BCUT2D eigenvalue weighted by atomic mass is 16.6. The Labute approximate surface area is 113 Å². The number of anilines is 1. The van der Waals surface area contributed by atoms with Crippen molar-refractivity contribution in [3.05, 3.63) is 46.0 Å². The van der Waals surface area contributed by atoms with Crippen molar-refractivity contribution in [1.29, 1.82) is 0 Å². The molecule has 9 nitrogen and oxygen atoms in total. The Morgan fingerprint density at radius 1 is 1.50 bits per heavy atom. The molecule has 0 aliphatic heterocycles. The second-order valence-electron chi connectivity index (χ2n) is 3.85. The molecule has 3 N–H and O–H groups in total. The highest BCUT2D eigenvalue weighted by Crippen LogP contribution is 2.22. The van der Waals surface area contributed by atoms with E-state index in [4.69, 9.17) is 0 Å². The first kappa shape index (κ1) is 13.5. The topological polar surface area (TPSA) is 126 Å². The lowest BCUT2D eigenvalue weighted by Crippen LogP contribution is -2.24. The predicted octanol–water partition coefficient (Wildman–Crippen LogP) is 0.685. The lowest BCUT2D eigenvalue weighted by molar-refractivity contribution is -0.385. The van der Waals surface area contributed by atoms with Gasteiger partial charge in [0.05, 0.1) is 11.5 Å². The molecule has 0 fully saturated rings. The number of nitrogens with one attached hydrogen (secondary N) is 3. The Morgan fingerprint density at radius 2 is 2.30 bits per heavy atom. The van der Waals surface area contributed by atoms with Crippen molar-refractivity contribution in [3.8, 4) is 0 Å². The monoisotopic (exact) mass is 276 g/mol. The van der Waals surface area contributed by atoms with Crippen molar-refractivity contribution in [3.63, 3.8) is 0 Å². The lowest BCUT2D eigenvalue weighted by atomic mass is 10.1. The van der Waals surface area contributed by atoms with E-state index in [-0.39, 0.29) is 17.8 Å². The smallest absolute Gasteiger partial charge is 0.282 e. The number of H-pyrrole nitrogens is 1. The van der Waals surface area contributed by atoms with Gasteiger partial charge in [-0.1, -0.05) is 0 Å². The number of nitro benzene ring substituents is 1. The number of rotatable bonds is 5. The van der Waals surface area contributed by atoms with Gasteiger partial charge in [-0.3, -0.25) is 20.0 Å². The number of nitrogens with zero attached hydrogens (tertiary/aromatic N) is 3. The van der Waals surface area contributed by atoms with Gasteiger partial charge >= 0.3 is 0 Å². The van der Waals surface area contributed by atoms with Gasteiger partial charge in [-0.05, 0) is 12.1 Å². The van der Waals surface area contributed by atoms with Crippen molar-refractivity contribution in [2.24, 2.45) is 0 Å². The molecule has 0 radical (unpaired) electrons. The van der Waals surface area contributed by atoms with Crippen molar-refractivity contribution in [1.82, 2.24) is 20.5 Å². The Bertz CT molecular complexity index is 625. The van der Waals surface area contributed by atoms with Crippen molar-refractivity contribution in [2.75, 3.05) is 12.4 Å². The first-order valence-electron chi connectivity index (χ1n) is 5.70. The highest BCUT2D eigenvalue weighted by Gasteiger charge is 2.20. The number of amides is 1. The van der Waals surface area contributed by atoms with E-state index in [9.17, 15) is 14.9 Å².